The van der Waals surface area contributed by atoms with E-state index in [1.807, 2.05) is 0 Å². The van der Waals surface area contributed by atoms with Gasteiger partial charge < -0.3 is 5.73 Å². The maximum atomic E-state index is 6.27. The lowest BCUT2D eigenvalue weighted by Gasteiger charge is -2.51. The minimum Gasteiger partial charge on any atom is -0.329 e. The van der Waals surface area contributed by atoms with E-state index in [0.29, 0.717) is 5.54 Å². The van der Waals surface area contributed by atoms with Crippen LogP contribution in [0.1, 0.15) is 78.1 Å². The number of likely N-dealkylation sites (N-methyl/N-ethyl adjacent to an activating group) is 1. The van der Waals surface area contributed by atoms with Crippen LogP contribution in [-0.4, -0.2) is 29.6 Å². The van der Waals surface area contributed by atoms with Crippen LogP contribution in [0.15, 0.2) is 0 Å². The van der Waals surface area contributed by atoms with Gasteiger partial charge in [0.05, 0.1) is 0 Å². The molecule has 0 bridgehead atoms. The van der Waals surface area contributed by atoms with Gasteiger partial charge in [0.1, 0.15) is 0 Å². The van der Waals surface area contributed by atoms with Gasteiger partial charge in [-0.3, -0.25) is 4.90 Å². The molecule has 0 aliphatic heterocycles. The van der Waals surface area contributed by atoms with Crippen LogP contribution in [0.2, 0.25) is 0 Å². The van der Waals surface area contributed by atoms with Crippen LogP contribution in [0.3, 0.4) is 0 Å². The zero-order valence-electron chi connectivity index (χ0n) is 13.2. The molecule has 2 aliphatic carbocycles. The van der Waals surface area contributed by atoms with Gasteiger partial charge >= 0.3 is 0 Å². The molecule has 2 fully saturated rings. The van der Waals surface area contributed by atoms with E-state index in [1.54, 1.807) is 0 Å². The van der Waals surface area contributed by atoms with Crippen LogP contribution < -0.4 is 5.73 Å². The molecular weight excluding hydrogens is 232 g/mol. The quantitative estimate of drug-likeness (QED) is 0.816. The highest BCUT2D eigenvalue weighted by molar-refractivity contribution is 4.98. The normalized spacial score (nSPS) is 33.8. The highest BCUT2D eigenvalue weighted by atomic mass is 15.2. The number of hydrogen-bond donors (Lipinski definition) is 1. The Morgan fingerprint density at radius 3 is 2.11 bits per heavy atom. The number of rotatable bonds is 5. The summed E-state index contributed by atoms with van der Waals surface area (Å²) >= 11 is 0. The fraction of sp³-hybridized carbons (Fsp3) is 1.00. The fourth-order valence-corrected chi connectivity index (χ4v) is 4.61. The molecule has 0 aromatic heterocycles. The molecule has 2 N–H and O–H groups in total. The highest BCUT2D eigenvalue weighted by Crippen LogP contribution is 2.40. The van der Waals surface area contributed by atoms with Gasteiger partial charge in [0.25, 0.3) is 0 Å². The third-order valence-corrected chi connectivity index (χ3v) is 5.96. The first-order valence-corrected chi connectivity index (χ1v) is 8.72. The zero-order valence-corrected chi connectivity index (χ0v) is 13.2. The third-order valence-electron chi connectivity index (χ3n) is 5.96. The number of nitrogens with zero attached hydrogens (tertiary/aromatic N) is 1. The van der Waals surface area contributed by atoms with Gasteiger partial charge in [-0.05, 0) is 51.0 Å². The van der Waals surface area contributed by atoms with E-state index in [2.05, 4.69) is 18.7 Å². The first-order valence-electron chi connectivity index (χ1n) is 8.72. The Hall–Kier alpha value is -0.0800. The summed E-state index contributed by atoms with van der Waals surface area (Å²) in [5, 5.41) is 0. The largest absolute Gasteiger partial charge is 0.329 e. The Bertz CT molecular complexity index is 250. The van der Waals surface area contributed by atoms with Gasteiger partial charge in [-0.2, -0.15) is 0 Å². The van der Waals surface area contributed by atoms with Crippen molar-refractivity contribution in [2.45, 2.75) is 89.6 Å². The van der Waals surface area contributed by atoms with Crippen molar-refractivity contribution < 1.29 is 0 Å². The predicted molar refractivity (Wildman–Crippen MR) is 83.3 cm³/mol. The van der Waals surface area contributed by atoms with Crippen molar-refractivity contribution in [1.29, 1.82) is 0 Å². The monoisotopic (exact) mass is 266 g/mol. The summed E-state index contributed by atoms with van der Waals surface area (Å²) in [6, 6.07) is 0.820. The maximum Gasteiger partial charge on any atom is 0.0334 e. The van der Waals surface area contributed by atoms with Gasteiger partial charge in [0.15, 0.2) is 0 Å². The molecule has 2 nitrogen and oxygen atoms in total. The lowest BCUT2D eigenvalue weighted by Crippen LogP contribution is -2.59. The molecule has 0 aromatic carbocycles. The van der Waals surface area contributed by atoms with Crippen molar-refractivity contribution in [3.05, 3.63) is 0 Å². The molecule has 0 atom stereocenters. The molecule has 0 radical (unpaired) electrons. The molecule has 0 spiro atoms. The number of nitrogens with two attached hydrogens (primary N) is 1. The molecule has 112 valence electrons. The van der Waals surface area contributed by atoms with Crippen molar-refractivity contribution in [2.75, 3.05) is 13.1 Å². The zero-order chi connectivity index (χ0) is 13.7. The van der Waals surface area contributed by atoms with E-state index in [-0.39, 0.29) is 0 Å². The minimum absolute atomic E-state index is 0.336. The van der Waals surface area contributed by atoms with Gasteiger partial charge in [0, 0.05) is 18.1 Å². The maximum absolute atomic E-state index is 6.27. The Labute approximate surface area is 120 Å². The first kappa shape index (κ1) is 15.3. The van der Waals surface area contributed by atoms with E-state index < -0.39 is 0 Å². The molecule has 2 saturated carbocycles. The van der Waals surface area contributed by atoms with Crippen molar-refractivity contribution in [2.24, 2.45) is 11.7 Å². The molecule has 0 amide bonds. The molecule has 2 rings (SSSR count). The number of hydrogen-bond acceptors (Lipinski definition) is 2. The Kier molecular flexibility index (Phi) is 5.70. The Morgan fingerprint density at radius 2 is 1.63 bits per heavy atom. The van der Waals surface area contributed by atoms with E-state index in [9.17, 15) is 0 Å². The average Bonchev–Trinajstić information content (AvgIpc) is 2.49. The van der Waals surface area contributed by atoms with Crippen LogP contribution >= 0.6 is 0 Å². The van der Waals surface area contributed by atoms with Crippen LogP contribution in [-0.2, 0) is 0 Å². The van der Waals surface area contributed by atoms with E-state index in [0.717, 1.165) is 18.5 Å². The second kappa shape index (κ2) is 7.08. The summed E-state index contributed by atoms with van der Waals surface area (Å²) < 4.78 is 0. The summed E-state index contributed by atoms with van der Waals surface area (Å²) in [5.41, 5.74) is 6.60. The van der Waals surface area contributed by atoms with Gasteiger partial charge in [-0.25, -0.2) is 0 Å². The Balaban J connectivity index is 2.05. The SMILES string of the molecule is CCC1CCC(CN)(N(CC)C2CCCCC2)CC1. The third kappa shape index (κ3) is 3.33. The van der Waals surface area contributed by atoms with Gasteiger partial charge in [-0.1, -0.05) is 39.5 Å². The van der Waals surface area contributed by atoms with Crippen molar-refractivity contribution >= 4 is 0 Å². The lowest BCUT2D eigenvalue weighted by molar-refractivity contribution is -0.00121. The molecule has 2 heteroatoms. The van der Waals surface area contributed by atoms with Gasteiger partial charge in [-0.15, -0.1) is 0 Å². The second-order valence-corrected chi connectivity index (χ2v) is 6.86. The van der Waals surface area contributed by atoms with E-state index in [4.69, 9.17) is 5.73 Å². The highest BCUT2D eigenvalue weighted by Gasteiger charge is 2.41. The molecular formula is C17H34N2. The van der Waals surface area contributed by atoms with E-state index >= 15 is 0 Å². The van der Waals surface area contributed by atoms with Crippen molar-refractivity contribution in [3.63, 3.8) is 0 Å². The van der Waals surface area contributed by atoms with Crippen LogP contribution in [0.4, 0.5) is 0 Å². The smallest absolute Gasteiger partial charge is 0.0334 e. The molecule has 0 saturated heterocycles. The first-order chi connectivity index (χ1) is 9.25. The second-order valence-electron chi connectivity index (χ2n) is 6.86. The predicted octanol–water partition coefficient (Wildman–Crippen LogP) is 3.94. The summed E-state index contributed by atoms with van der Waals surface area (Å²) in [6.45, 7) is 6.75. The van der Waals surface area contributed by atoms with Crippen LogP contribution in [0.5, 0.6) is 0 Å². The fourth-order valence-electron chi connectivity index (χ4n) is 4.61. The standard InChI is InChI=1S/C17H34N2/c1-3-15-10-12-17(14-18,13-11-15)19(4-2)16-8-6-5-7-9-16/h15-16H,3-14,18H2,1-2H3. The summed E-state index contributed by atoms with van der Waals surface area (Å²) in [7, 11) is 0. The molecule has 0 heterocycles. The van der Waals surface area contributed by atoms with Crippen LogP contribution in [0.25, 0.3) is 0 Å². The molecule has 2 aliphatic rings. The van der Waals surface area contributed by atoms with Gasteiger partial charge in [0.2, 0.25) is 0 Å². The molecule has 0 aromatic rings. The van der Waals surface area contributed by atoms with Crippen LogP contribution in [0, 0.1) is 5.92 Å². The summed E-state index contributed by atoms with van der Waals surface area (Å²) in [4.78, 5) is 2.82. The van der Waals surface area contributed by atoms with E-state index in [1.165, 1.54) is 70.8 Å². The van der Waals surface area contributed by atoms with Crippen molar-refractivity contribution in [3.8, 4) is 0 Å². The molecule has 19 heavy (non-hydrogen) atoms. The Morgan fingerprint density at radius 1 is 1.00 bits per heavy atom. The van der Waals surface area contributed by atoms with Crippen molar-refractivity contribution in [1.82, 2.24) is 4.90 Å². The average molecular weight is 266 g/mol. The minimum atomic E-state index is 0.336. The summed E-state index contributed by atoms with van der Waals surface area (Å²) in [6.07, 6.45) is 14.0. The lowest BCUT2D eigenvalue weighted by atomic mass is 9.73. The summed E-state index contributed by atoms with van der Waals surface area (Å²) in [5.74, 6) is 0.963. The topological polar surface area (TPSA) is 29.3 Å². The molecule has 0 unspecified atom stereocenters.